The van der Waals surface area contributed by atoms with Gasteiger partial charge >= 0.3 is 0 Å². The second-order valence-electron chi connectivity index (χ2n) is 8.61. The summed E-state index contributed by atoms with van der Waals surface area (Å²) in [7, 11) is 0. The maximum Gasteiger partial charge on any atom is 0.191 e. The Kier molecular flexibility index (Phi) is 9.87. The molecule has 0 saturated carbocycles. The third-order valence-electron chi connectivity index (χ3n) is 5.98. The summed E-state index contributed by atoms with van der Waals surface area (Å²) in [6.45, 7) is 13.5. The zero-order valence-electron chi connectivity index (χ0n) is 17.8. The molecule has 0 amide bonds. The van der Waals surface area contributed by atoms with Crippen LogP contribution in [-0.2, 0) is 4.74 Å². The van der Waals surface area contributed by atoms with Gasteiger partial charge in [0.25, 0.3) is 0 Å². The van der Waals surface area contributed by atoms with Crippen molar-refractivity contribution in [3.8, 4) is 0 Å². The van der Waals surface area contributed by atoms with E-state index >= 15 is 0 Å². The van der Waals surface area contributed by atoms with Crippen LogP contribution >= 0.6 is 0 Å². The zero-order chi connectivity index (χ0) is 19.5. The van der Waals surface area contributed by atoms with E-state index in [-0.39, 0.29) is 12.1 Å². The number of hydrogen-bond acceptors (Lipinski definition) is 4. The standard InChI is InChI=1S/C21H42N4O2/c1-4-22-20(23-16-19(7-12-26)15-18(2)3)24-17-21(8-13-27-14-9-21)25-10-5-6-11-25/h18-19,26H,4-17H2,1-3H3,(H2,22,23,24). The molecule has 2 fully saturated rings. The topological polar surface area (TPSA) is 69.1 Å². The monoisotopic (exact) mass is 382 g/mol. The van der Waals surface area contributed by atoms with Crippen molar-refractivity contribution in [2.75, 3.05) is 52.5 Å². The number of aliphatic hydroxyl groups is 1. The highest BCUT2D eigenvalue weighted by Gasteiger charge is 2.39. The third kappa shape index (κ3) is 7.24. The minimum Gasteiger partial charge on any atom is -0.396 e. The number of likely N-dealkylation sites (tertiary alicyclic amines) is 1. The van der Waals surface area contributed by atoms with Crippen LogP contribution < -0.4 is 10.6 Å². The molecule has 0 aromatic rings. The fourth-order valence-corrected chi connectivity index (χ4v) is 4.48. The Labute approximate surface area is 166 Å². The molecule has 3 N–H and O–H groups in total. The Bertz CT molecular complexity index is 430. The number of rotatable bonds is 10. The molecular formula is C21H42N4O2. The van der Waals surface area contributed by atoms with E-state index < -0.39 is 0 Å². The van der Waals surface area contributed by atoms with Gasteiger partial charge in [0, 0.05) is 38.4 Å². The normalized spacial score (nSPS) is 22.2. The molecule has 6 heteroatoms. The van der Waals surface area contributed by atoms with Crippen molar-refractivity contribution in [2.24, 2.45) is 16.8 Å². The summed E-state index contributed by atoms with van der Waals surface area (Å²) in [5, 5.41) is 16.3. The van der Waals surface area contributed by atoms with Crippen molar-refractivity contribution in [3.05, 3.63) is 0 Å². The van der Waals surface area contributed by atoms with Crippen molar-refractivity contribution in [1.29, 1.82) is 0 Å². The van der Waals surface area contributed by atoms with E-state index in [2.05, 4.69) is 36.3 Å². The van der Waals surface area contributed by atoms with Crippen molar-refractivity contribution >= 4 is 5.96 Å². The zero-order valence-corrected chi connectivity index (χ0v) is 17.8. The van der Waals surface area contributed by atoms with E-state index in [9.17, 15) is 5.11 Å². The maximum absolute atomic E-state index is 9.36. The highest BCUT2D eigenvalue weighted by atomic mass is 16.5. The number of guanidine groups is 1. The van der Waals surface area contributed by atoms with Crippen LogP contribution in [0.3, 0.4) is 0 Å². The molecule has 0 aromatic carbocycles. The number of nitrogens with zero attached hydrogens (tertiary/aromatic N) is 2. The molecule has 1 unspecified atom stereocenters. The molecule has 2 rings (SSSR count). The van der Waals surface area contributed by atoms with Gasteiger partial charge in [-0.25, -0.2) is 0 Å². The number of aliphatic imine (C=N–C) groups is 1. The van der Waals surface area contributed by atoms with Gasteiger partial charge in [-0.2, -0.15) is 0 Å². The molecule has 2 aliphatic heterocycles. The largest absolute Gasteiger partial charge is 0.396 e. The average Bonchev–Trinajstić information content (AvgIpc) is 3.20. The molecular weight excluding hydrogens is 340 g/mol. The van der Waals surface area contributed by atoms with Crippen LogP contribution in [0.15, 0.2) is 4.99 Å². The molecule has 0 aliphatic carbocycles. The average molecular weight is 383 g/mol. The van der Waals surface area contributed by atoms with E-state index in [1.54, 1.807) is 0 Å². The summed E-state index contributed by atoms with van der Waals surface area (Å²) in [4.78, 5) is 7.66. The molecule has 27 heavy (non-hydrogen) atoms. The highest BCUT2D eigenvalue weighted by Crippen LogP contribution is 2.31. The lowest BCUT2D eigenvalue weighted by molar-refractivity contribution is -0.0139. The lowest BCUT2D eigenvalue weighted by Crippen LogP contribution is -2.54. The van der Waals surface area contributed by atoms with Gasteiger partial charge in [-0.15, -0.1) is 0 Å². The summed E-state index contributed by atoms with van der Waals surface area (Å²) in [6.07, 6.45) is 6.75. The molecule has 1 atom stereocenters. The fraction of sp³-hybridized carbons (Fsp3) is 0.952. The minimum atomic E-state index is 0.166. The molecule has 6 nitrogen and oxygen atoms in total. The first-order valence-electron chi connectivity index (χ1n) is 11.1. The number of nitrogens with one attached hydrogen (secondary N) is 2. The van der Waals surface area contributed by atoms with Crippen molar-refractivity contribution in [1.82, 2.24) is 15.5 Å². The van der Waals surface area contributed by atoms with E-state index in [1.165, 1.54) is 25.9 Å². The van der Waals surface area contributed by atoms with Gasteiger partial charge in [-0.1, -0.05) is 13.8 Å². The van der Waals surface area contributed by atoms with E-state index in [1.807, 2.05) is 0 Å². The van der Waals surface area contributed by atoms with Gasteiger partial charge in [0.2, 0.25) is 0 Å². The van der Waals surface area contributed by atoms with Crippen LogP contribution in [-0.4, -0.2) is 74.0 Å². The van der Waals surface area contributed by atoms with Crippen LogP contribution in [0.25, 0.3) is 0 Å². The SMILES string of the molecule is CCNC(=NCC1(N2CCCC2)CCOCC1)NCC(CCO)CC(C)C. The Hall–Kier alpha value is -0.850. The van der Waals surface area contributed by atoms with Crippen molar-refractivity contribution < 1.29 is 9.84 Å². The Morgan fingerprint density at radius 3 is 2.48 bits per heavy atom. The molecule has 0 radical (unpaired) electrons. The lowest BCUT2D eigenvalue weighted by atomic mass is 9.88. The summed E-state index contributed by atoms with van der Waals surface area (Å²) in [6, 6.07) is 0. The van der Waals surface area contributed by atoms with Crippen molar-refractivity contribution in [3.63, 3.8) is 0 Å². The second-order valence-corrected chi connectivity index (χ2v) is 8.61. The van der Waals surface area contributed by atoms with Crippen LogP contribution in [0.5, 0.6) is 0 Å². The molecule has 0 aromatic heterocycles. The number of aliphatic hydroxyl groups excluding tert-OH is 1. The molecule has 2 saturated heterocycles. The fourth-order valence-electron chi connectivity index (χ4n) is 4.48. The lowest BCUT2D eigenvalue weighted by Gasteiger charge is -2.43. The third-order valence-corrected chi connectivity index (χ3v) is 5.98. The first-order chi connectivity index (χ1) is 13.1. The van der Waals surface area contributed by atoms with E-state index in [0.29, 0.717) is 11.8 Å². The summed E-state index contributed by atoms with van der Waals surface area (Å²) >= 11 is 0. The van der Waals surface area contributed by atoms with Gasteiger partial charge < -0.3 is 20.5 Å². The Morgan fingerprint density at radius 1 is 1.19 bits per heavy atom. The molecule has 0 bridgehead atoms. The molecule has 0 spiro atoms. The molecule has 2 aliphatic rings. The first-order valence-corrected chi connectivity index (χ1v) is 11.1. The Morgan fingerprint density at radius 2 is 1.89 bits per heavy atom. The van der Waals surface area contributed by atoms with E-state index in [0.717, 1.165) is 64.5 Å². The minimum absolute atomic E-state index is 0.166. The van der Waals surface area contributed by atoms with Gasteiger partial charge in [-0.3, -0.25) is 9.89 Å². The summed E-state index contributed by atoms with van der Waals surface area (Å²) in [5.74, 6) is 2.03. The first kappa shape index (κ1) is 22.4. The number of hydrogen-bond donors (Lipinski definition) is 3. The smallest absolute Gasteiger partial charge is 0.191 e. The maximum atomic E-state index is 9.36. The van der Waals surface area contributed by atoms with E-state index in [4.69, 9.17) is 9.73 Å². The van der Waals surface area contributed by atoms with Gasteiger partial charge in [-0.05, 0) is 70.4 Å². The highest BCUT2D eigenvalue weighted by molar-refractivity contribution is 5.79. The molecule has 2 heterocycles. The Balaban J connectivity index is 1.99. The predicted octanol–water partition coefficient (Wildman–Crippen LogP) is 2.23. The quantitative estimate of drug-likeness (QED) is 0.399. The van der Waals surface area contributed by atoms with Crippen LogP contribution in [0.2, 0.25) is 0 Å². The van der Waals surface area contributed by atoms with Crippen LogP contribution in [0, 0.1) is 11.8 Å². The predicted molar refractivity (Wildman–Crippen MR) is 112 cm³/mol. The summed E-state index contributed by atoms with van der Waals surface area (Å²) in [5.41, 5.74) is 0.166. The molecule has 158 valence electrons. The van der Waals surface area contributed by atoms with Gasteiger partial charge in [0.05, 0.1) is 6.54 Å². The van der Waals surface area contributed by atoms with Gasteiger partial charge in [0.1, 0.15) is 0 Å². The van der Waals surface area contributed by atoms with Gasteiger partial charge in [0.15, 0.2) is 5.96 Å². The summed E-state index contributed by atoms with van der Waals surface area (Å²) < 4.78 is 5.65. The number of ether oxygens (including phenoxy) is 1. The van der Waals surface area contributed by atoms with Crippen LogP contribution in [0.4, 0.5) is 0 Å². The second kappa shape index (κ2) is 11.9. The van der Waals surface area contributed by atoms with Crippen LogP contribution in [0.1, 0.15) is 59.3 Å². The van der Waals surface area contributed by atoms with Crippen molar-refractivity contribution in [2.45, 2.75) is 64.8 Å².